The van der Waals surface area contributed by atoms with Crippen molar-refractivity contribution in [1.29, 1.82) is 0 Å². The van der Waals surface area contributed by atoms with Crippen LogP contribution >= 0.6 is 15.9 Å². The van der Waals surface area contributed by atoms with Gasteiger partial charge >= 0.3 is 0 Å². The van der Waals surface area contributed by atoms with E-state index in [4.69, 9.17) is 0 Å². The number of hydrogen-bond donors (Lipinski definition) is 2. The van der Waals surface area contributed by atoms with Crippen LogP contribution in [0.1, 0.15) is 16.1 Å². The van der Waals surface area contributed by atoms with Crippen molar-refractivity contribution in [2.75, 3.05) is 0 Å². The number of amides is 1. The molecule has 0 aliphatic heterocycles. The summed E-state index contributed by atoms with van der Waals surface area (Å²) in [5.74, 6) is -0.322. The standard InChI is InChI=1S/C13H13BrN2O2/c1-16-6-2-3-10(16)8-15-13(18)11-7-9(14)4-5-12(11)17/h2-7,17H,8H2,1H3,(H,15,18). The zero-order valence-electron chi connectivity index (χ0n) is 9.85. The molecule has 2 aromatic rings. The van der Waals surface area contributed by atoms with Gasteiger partial charge in [0.15, 0.2) is 0 Å². The van der Waals surface area contributed by atoms with Gasteiger partial charge < -0.3 is 15.0 Å². The lowest BCUT2D eigenvalue weighted by molar-refractivity contribution is 0.0947. The lowest BCUT2D eigenvalue weighted by atomic mass is 10.2. The van der Waals surface area contributed by atoms with Gasteiger partial charge in [0.25, 0.3) is 5.91 Å². The highest BCUT2D eigenvalue weighted by atomic mass is 79.9. The maximum absolute atomic E-state index is 11.9. The molecule has 0 saturated carbocycles. The molecule has 1 aromatic carbocycles. The molecule has 94 valence electrons. The van der Waals surface area contributed by atoms with Crippen LogP contribution in [0.15, 0.2) is 41.0 Å². The third kappa shape index (κ3) is 2.73. The number of carbonyl (C=O) groups is 1. The monoisotopic (exact) mass is 308 g/mol. The second-order valence-electron chi connectivity index (χ2n) is 3.95. The Morgan fingerprint density at radius 2 is 2.22 bits per heavy atom. The summed E-state index contributed by atoms with van der Waals surface area (Å²) in [4.78, 5) is 11.9. The van der Waals surface area contributed by atoms with Crippen molar-refractivity contribution in [2.45, 2.75) is 6.54 Å². The molecule has 2 rings (SSSR count). The maximum Gasteiger partial charge on any atom is 0.255 e. The van der Waals surface area contributed by atoms with E-state index < -0.39 is 0 Å². The minimum atomic E-state index is -0.296. The van der Waals surface area contributed by atoms with Gasteiger partial charge in [0.05, 0.1) is 12.1 Å². The summed E-state index contributed by atoms with van der Waals surface area (Å²) in [6.07, 6.45) is 1.91. The van der Waals surface area contributed by atoms with Gasteiger partial charge in [-0.3, -0.25) is 4.79 Å². The second-order valence-corrected chi connectivity index (χ2v) is 4.87. The van der Waals surface area contributed by atoms with E-state index in [2.05, 4.69) is 21.2 Å². The molecular weight excluding hydrogens is 296 g/mol. The van der Waals surface area contributed by atoms with Gasteiger partial charge in [-0.25, -0.2) is 0 Å². The van der Waals surface area contributed by atoms with E-state index in [0.717, 1.165) is 10.2 Å². The summed E-state index contributed by atoms with van der Waals surface area (Å²) in [6.45, 7) is 0.425. The molecule has 2 N–H and O–H groups in total. The normalized spacial score (nSPS) is 10.3. The van der Waals surface area contributed by atoms with Crippen LogP contribution in [-0.4, -0.2) is 15.6 Å². The smallest absolute Gasteiger partial charge is 0.255 e. The van der Waals surface area contributed by atoms with Crippen molar-refractivity contribution in [1.82, 2.24) is 9.88 Å². The van der Waals surface area contributed by atoms with Crippen molar-refractivity contribution in [3.8, 4) is 5.75 Å². The molecule has 0 saturated heterocycles. The Bertz CT molecular complexity index is 578. The summed E-state index contributed by atoms with van der Waals surface area (Å²) in [5.41, 5.74) is 1.26. The molecule has 0 spiro atoms. The first-order chi connectivity index (χ1) is 8.58. The highest BCUT2D eigenvalue weighted by Gasteiger charge is 2.11. The predicted octanol–water partition coefficient (Wildman–Crippen LogP) is 2.42. The molecule has 1 aromatic heterocycles. The van der Waals surface area contributed by atoms with Crippen molar-refractivity contribution in [3.05, 3.63) is 52.3 Å². The highest BCUT2D eigenvalue weighted by Crippen LogP contribution is 2.21. The van der Waals surface area contributed by atoms with Gasteiger partial charge in [-0.15, -0.1) is 0 Å². The molecule has 0 radical (unpaired) electrons. The van der Waals surface area contributed by atoms with Crippen molar-refractivity contribution in [2.24, 2.45) is 7.05 Å². The van der Waals surface area contributed by atoms with Gasteiger partial charge in [-0.05, 0) is 30.3 Å². The van der Waals surface area contributed by atoms with Gasteiger partial charge in [0.1, 0.15) is 5.75 Å². The topological polar surface area (TPSA) is 54.3 Å². The van der Waals surface area contributed by atoms with Gasteiger partial charge in [-0.2, -0.15) is 0 Å². The van der Waals surface area contributed by atoms with Crippen molar-refractivity contribution >= 4 is 21.8 Å². The van der Waals surface area contributed by atoms with E-state index in [9.17, 15) is 9.90 Å². The first kappa shape index (κ1) is 12.7. The zero-order valence-corrected chi connectivity index (χ0v) is 11.4. The summed E-state index contributed by atoms with van der Waals surface area (Å²) in [5, 5.41) is 12.4. The Labute approximate surface area is 113 Å². The third-order valence-electron chi connectivity index (χ3n) is 2.68. The number of halogens is 1. The van der Waals surface area contributed by atoms with Gasteiger partial charge in [-0.1, -0.05) is 15.9 Å². The van der Waals surface area contributed by atoms with Crippen LogP contribution in [0.25, 0.3) is 0 Å². The Hall–Kier alpha value is -1.75. The number of aryl methyl sites for hydroxylation is 1. The van der Waals surface area contributed by atoms with Crippen LogP contribution in [0.4, 0.5) is 0 Å². The molecule has 18 heavy (non-hydrogen) atoms. The lowest BCUT2D eigenvalue weighted by Crippen LogP contribution is -2.23. The molecule has 4 nitrogen and oxygen atoms in total. The Kier molecular flexibility index (Phi) is 3.72. The number of carbonyl (C=O) groups excluding carboxylic acids is 1. The number of nitrogens with one attached hydrogen (secondary N) is 1. The average Bonchev–Trinajstić information content (AvgIpc) is 2.75. The van der Waals surface area contributed by atoms with Crippen LogP contribution in [0.5, 0.6) is 5.75 Å². The van der Waals surface area contributed by atoms with Gasteiger partial charge in [0, 0.05) is 23.4 Å². The van der Waals surface area contributed by atoms with Crippen LogP contribution in [0.3, 0.4) is 0 Å². The van der Waals surface area contributed by atoms with Crippen molar-refractivity contribution in [3.63, 3.8) is 0 Å². The Morgan fingerprint density at radius 1 is 1.44 bits per heavy atom. The number of hydrogen-bond acceptors (Lipinski definition) is 2. The van der Waals surface area contributed by atoms with Crippen molar-refractivity contribution < 1.29 is 9.90 Å². The number of aromatic hydroxyl groups is 1. The molecule has 0 aliphatic carbocycles. The number of rotatable bonds is 3. The first-order valence-corrected chi connectivity index (χ1v) is 6.24. The number of phenols is 1. The highest BCUT2D eigenvalue weighted by molar-refractivity contribution is 9.10. The van der Waals surface area contributed by atoms with E-state index in [1.165, 1.54) is 6.07 Å². The Balaban J connectivity index is 2.08. The molecule has 0 unspecified atom stereocenters. The van der Waals surface area contributed by atoms with E-state index in [1.54, 1.807) is 12.1 Å². The van der Waals surface area contributed by atoms with Crippen LogP contribution in [0.2, 0.25) is 0 Å². The molecule has 0 fully saturated rings. The van der Waals surface area contributed by atoms with Crippen LogP contribution < -0.4 is 5.32 Å². The minimum Gasteiger partial charge on any atom is -0.507 e. The summed E-state index contributed by atoms with van der Waals surface area (Å²) < 4.78 is 2.69. The number of nitrogens with zero attached hydrogens (tertiary/aromatic N) is 1. The summed E-state index contributed by atoms with van der Waals surface area (Å²) >= 11 is 3.27. The Morgan fingerprint density at radius 3 is 2.89 bits per heavy atom. The minimum absolute atomic E-state index is 0.0254. The number of benzene rings is 1. The van der Waals surface area contributed by atoms with E-state index in [0.29, 0.717) is 6.54 Å². The van der Waals surface area contributed by atoms with Gasteiger partial charge in [0.2, 0.25) is 0 Å². The molecule has 5 heteroatoms. The third-order valence-corrected chi connectivity index (χ3v) is 3.18. The quantitative estimate of drug-likeness (QED) is 0.915. The molecule has 1 amide bonds. The fraction of sp³-hybridized carbons (Fsp3) is 0.154. The number of phenolic OH excluding ortho intramolecular Hbond substituents is 1. The molecule has 0 bridgehead atoms. The average molecular weight is 309 g/mol. The van der Waals surface area contributed by atoms with E-state index >= 15 is 0 Å². The fourth-order valence-corrected chi connectivity index (χ4v) is 2.00. The molecule has 1 heterocycles. The molecular formula is C13H13BrN2O2. The summed E-state index contributed by atoms with van der Waals surface area (Å²) in [6, 6.07) is 8.61. The SMILES string of the molecule is Cn1cccc1CNC(=O)c1cc(Br)ccc1O. The van der Waals surface area contributed by atoms with Crippen LogP contribution in [0, 0.1) is 0 Å². The molecule has 0 aliphatic rings. The predicted molar refractivity (Wildman–Crippen MR) is 72.4 cm³/mol. The maximum atomic E-state index is 11.9. The molecule has 0 atom stereocenters. The fourth-order valence-electron chi connectivity index (χ4n) is 1.64. The lowest BCUT2D eigenvalue weighted by Gasteiger charge is -2.08. The number of aromatic nitrogens is 1. The first-order valence-electron chi connectivity index (χ1n) is 5.45. The summed E-state index contributed by atoms with van der Waals surface area (Å²) in [7, 11) is 1.91. The zero-order chi connectivity index (χ0) is 13.1. The van der Waals surface area contributed by atoms with E-state index in [-0.39, 0.29) is 17.2 Å². The van der Waals surface area contributed by atoms with E-state index in [1.807, 2.05) is 29.9 Å². The largest absolute Gasteiger partial charge is 0.507 e. The second kappa shape index (κ2) is 5.27. The van der Waals surface area contributed by atoms with Crippen LogP contribution in [-0.2, 0) is 13.6 Å².